The zero-order valence-corrected chi connectivity index (χ0v) is 10.9. The number of aromatic nitrogens is 3. The minimum absolute atomic E-state index is 0.769. The Morgan fingerprint density at radius 1 is 1.26 bits per heavy atom. The Balaban J connectivity index is 1.73. The maximum atomic E-state index is 5.50. The number of hydrogen-bond donors (Lipinski definition) is 0. The molecule has 0 spiro atoms. The minimum atomic E-state index is 0.769. The van der Waals surface area contributed by atoms with Gasteiger partial charge in [0.2, 0.25) is 0 Å². The van der Waals surface area contributed by atoms with Gasteiger partial charge < -0.3 is 4.74 Å². The van der Waals surface area contributed by atoms with E-state index < -0.39 is 0 Å². The lowest BCUT2D eigenvalue weighted by molar-refractivity contribution is 0.357. The van der Waals surface area contributed by atoms with Crippen LogP contribution in [0, 0.1) is 0 Å². The molecule has 3 aromatic rings. The van der Waals surface area contributed by atoms with Crippen LogP contribution < -0.4 is 4.74 Å². The molecule has 1 aliphatic heterocycles. The van der Waals surface area contributed by atoms with Crippen LogP contribution in [0.3, 0.4) is 0 Å². The predicted molar refractivity (Wildman–Crippen MR) is 73.9 cm³/mol. The van der Waals surface area contributed by atoms with Gasteiger partial charge in [-0.25, -0.2) is 0 Å². The van der Waals surface area contributed by atoms with Gasteiger partial charge in [-0.05, 0) is 35.2 Å². The van der Waals surface area contributed by atoms with Crippen molar-refractivity contribution in [3.63, 3.8) is 0 Å². The first-order chi connectivity index (χ1) is 9.40. The van der Waals surface area contributed by atoms with E-state index in [1.165, 1.54) is 5.56 Å². The Kier molecular flexibility index (Phi) is 2.38. The number of nitrogens with zero attached hydrogens (tertiary/aromatic N) is 3. The minimum Gasteiger partial charge on any atom is -0.493 e. The number of ether oxygens (including phenoxy) is 1. The average Bonchev–Trinajstić information content (AvgIpc) is 3.18. The molecule has 0 radical (unpaired) electrons. The van der Waals surface area contributed by atoms with Crippen molar-refractivity contribution >= 4 is 11.3 Å². The molecule has 0 N–H and O–H groups in total. The fourth-order valence-corrected chi connectivity index (χ4v) is 2.88. The van der Waals surface area contributed by atoms with Gasteiger partial charge in [0.1, 0.15) is 11.4 Å². The second kappa shape index (κ2) is 4.20. The van der Waals surface area contributed by atoms with Crippen LogP contribution in [0.5, 0.6) is 5.75 Å². The van der Waals surface area contributed by atoms with E-state index in [9.17, 15) is 0 Å². The SMILES string of the molecule is c1cc(-c2cnn(-c3ccc4c(c3)CCO4)n2)cs1. The van der Waals surface area contributed by atoms with Gasteiger partial charge in [-0.3, -0.25) is 0 Å². The summed E-state index contributed by atoms with van der Waals surface area (Å²) in [6.45, 7) is 0.769. The van der Waals surface area contributed by atoms with Crippen molar-refractivity contribution in [2.45, 2.75) is 6.42 Å². The molecule has 0 amide bonds. The summed E-state index contributed by atoms with van der Waals surface area (Å²) in [4.78, 5) is 1.67. The molecule has 0 atom stereocenters. The maximum absolute atomic E-state index is 5.50. The third-order valence-corrected chi connectivity index (χ3v) is 3.90. The summed E-state index contributed by atoms with van der Waals surface area (Å²) < 4.78 is 5.50. The lowest BCUT2D eigenvalue weighted by atomic mass is 10.1. The summed E-state index contributed by atoms with van der Waals surface area (Å²) in [6.07, 6.45) is 2.76. The molecule has 0 fully saturated rings. The largest absolute Gasteiger partial charge is 0.493 e. The maximum Gasteiger partial charge on any atom is 0.122 e. The molecule has 5 heteroatoms. The highest BCUT2D eigenvalue weighted by Crippen LogP contribution is 2.27. The van der Waals surface area contributed by atoms with Gasteiger partial charge in [-0.1, -0.05) is 0 Å². The first-order valence-electron chi connectivity index (χ1n) is 6.11. The molecule has 0 bridgehead atoms. The van der Waals surface area contributed by atoms with E-state index in [0.29, 0.717) is 0 Å². The van der Waals surface area contributed by atoms with Crippen LogP contribution >= 0.6 is 11.3 Å². The summed E-state index contributed by atoms with van der Waals surface area (Å²) >= 11 is 1.66. The normalized spacial score (nSPS) is 13.3. The Labute approximate surface area is 114 Å². The van der Waals surface area contributed by atoms with Crippen molar-refractivity contribution in [2.75, 3.05) is 6.61 Å². The lowest BCUT2D eigenvalue weighted by Gasteiger charge is -2.02. The summed E-state index contributed by atoms with van der Waals surface area (Å²) in [6, 6.07) is 8.13. The molecule has 19 heavy (non-hydrogen) atoms. The van der Waals surface area contributed by atoms with Crippen LogP contribution in [-0.2, 0) is 6.42 Å². The highest BCUT2D eigenvalue weighted by Gasteiger charge is 2.13. The highest BCUT2D eigenvalue weighted by atomic mass is 32.1. The zero-order chi connectivity index (χ0) is 12.7. The van der Waals surface area contributed by atoms with Gasteiger partial charge >= 0.3 is 0 Å². The monoisotopic (exact) mass is 269 g/mol. The number of rotatable bonds is 2. The molecule has 4 nitrogen and oxygen atoms in total. The van der Waals surface area contributed by atoms with Crippen molar-refractivity contribution < 1.29 is 4.74 Å². The third kappa shape index (κ3) is 1.82. The fourth-order valence-electron chi connectivity index (χ4n) is 2.23. The first kappa shape index (κ1) is 10.8. The van der Waals surface area contributed by atoms with Gasteiger partial charge in [0.05, 0.1) is 18.5 Å². The van der Waals surface area contributed by atoms with Crippen molar-refractivity contribution in [3.8, 4) is 22.7 Å². The standard InChI is InChI=1S/C14H11N3OS/c1-2-14-10(3-5-18-14)7-12(1)17-15-8-13(16-17)11-4-6-19-9-11/h1-2,4,6-9H,3,5H2. The smallest absolute Gasteiger partial charge is 0.122 e. The fraction of sp³-hybridized carbons (Fsp3) is 0.143. The highest BCUT2D eigenvalue weighted by molar-refractivity contribution is 7.08. The topological polar surface area (TPSA) is 39.9 Å². The number of benzene rings is 1. The molecule has 4 rings (SSSR count). The van der Waals surface area contributed by atoms with Gasteiger partial charge in [0.15, 0.2) is 0 Å². The molecule has 0 saturated carbocycles. The molecule has 2 aromatic heterocycles. The van der Waals surface area contributed by atoms with E-state index in [1.54, 1.807) is 22.3 Å². The summed E-state index contributed by atoms with van der Waals surface area (Å²) in [7, 11) is 0. The van der Waals surface area contributed by atoms with E-state index in [-0.39, 0.29) is 0 Å². The van der Waals surface area contributed by atoms with Gasteiger partial charge in [0.25, 0.3) is 0 Å². The Morgan fingerprint density at radius 2 is 2.26 bits per heavy atom. The molecular formula is C14H11N3OS. The van der Waals surface area contributed by atoms with Crippen LogP contribution in [0.1, 0.15) is 5.56 Å². The van der Waals surface area contributed by atoms with Crippen LogP contribution in [0.25, 0.3) is 16.9 Å². The average molecular weight is 269 g/mol. The number of hydrogen-bond acceptors (Lipinski definition) is 4. The van der Waals surface area contributed by atoms with Crippen molar-refractivity contribution in [1.29, 1.82) is 0 Å². The lowest BCUT2D eigenvalue weighted by Crippen LogP contribution is -1.99. The van der Waals surface area contributed by atoms with Crippen LogP contribution in [-0.4, -0.2) is 21.6 Å². The van der Waals surface area contributed by atoms with E-state index in [4.69, 9.17) is 4.74 Å². The molecule has 3 heterocycles. The summed E-state index contributed by atoms with van der Waals surface area (Å²) in [5, 5.41) is 13.0. The zero-order valence-electron chi connectivity index (χ0n) is 10.1. The molecule has 1 aromatic carbocycles. The second-order valence-electron chi connectivity index (χ2n) is 4.42. The van der Waals surface area contributed by atoms with Crippen LogP contribution in [0.4, 0.5) is 0 Å². The third-order valence-electron chi connectivity index (χ3n) is 3.21. The number of fused-ring (bicyclic) bond motifs is 1. The molecule has 94 valence electrons. The van der Waals surface area contributed by atoms with Gasteiger partial charge in [0, 0.05) is 17.4 Å². The summed E-state index contributed by atoms with van der Waals surface area (Å²) in [5.41, 5.74) is 4.22. The molecule has 0 unspecified atom stereocenters. The predicted octanol–water partition coefficient (Wildman–Crippen LogP) is 2.93. The van der Waals surface area contributed by atoms with Gasteiger partial charge in [-0.2, -0.15) is 21.2 Å². The van der Waals surface area contributed by atoms with E-state index in [1.807, 2.05) is 17.5 Å². The van der Waals surface area contributed by atoms with Crippen molar-refractivity contribution in [3.05, 3.63) is 46.8 Å². The quantitative estimate of drug-likeness (QED) is 0.718. The molecule has 0 saturated heterocycles. The van der Waals surface area contributed by atoms with Crippen LogP contribution in [0.2, 0.25) is 0 Å². The van der Waals surface area contributed by atoms with E-state index in [0.717, 1.165) is 35.7 Å². The van der Waals surface area contributed by atoms with Crippen molar-refractivity contribution in [2.24, 2.45) is 0 Å². The first-order valence-corrected chi connectivity index (χ1v) is 7.05. The molecule has 0 aliphatic carbocycles. The molecule has 1 aliphatic rings. The Morgan fingerprint density at radius 3 is 3.16 bits per heavy atom. The summed E-state index contributed by atoms with van der Waals surface area (Å²) in [5.74, 6) is 0.981. The Hall–Kier alpha value is -2.14. The van der Waals surface area contributed by atoms with E-state index in [2.05, 4.69) is 27.7 Å². The number of thiophene rings is 1. The molecular weight excluding hydrogens is 258 g/mol. The Bertz CT molecular complexity index is 718. The van der Waals surface area contributed by atoms with Crippen molar-refractivity contribution in [1.82, 2.24) is 15.0 Å². The van der Waals surface area contributed by atoms with E-state index >= 15 is 0 Å². The van der Waals surface area contributed by atoms with Crippen LogP contribution in [0.15, 0.2) is 41.2 Å². The van der Waals surface area contributed by atoms with Gasteiger partial charge in [-0.15, -0.1) is 5.10 Å². The second-order valence-corrected chi connectivity index (χ2v) is 5.20.